The molecule has 0 heterocycles. The molecule has 1 N–H and O–H groups in total. The van der Waals surface area contributed by atoms with Gasteiger partial charge in [0.05, 0.1) is 5.56 Å². The third-order valence-electron chi connectivity index (χ3n) is 4.00. The fourth-order valence-electron chi connectivity index (χ4n) is 2.73. The predicted molar refractivity (Wildman–Crippen MR) is 93.7 cm³/mol. The van der Waals surface area contributed by atoms with Gasteiger partial charge in [0.2, 0.25) is 0 Å². The van der Waals surface area contributed by atoms with E-state index in [9.17, 15) is 9.90 Å². The van der Waals surface area contributed by atoms with Crippen LogP contribution in [0.25, 0.3) is 22.3 Å². The third kappa shape index (κ3) is 3.02. The van der Waals surface area contributed by atoms with Crippen LogP contribution in [0.15, 0.2) is 66.7 Å². The Balaban J connectivity index is 2.22. The maximum absolute atomic E-state index is 11.9. The minimum absolute atomic E-state index is 0.347. The van der Waals surface area contributed by atoms with E-state index in [1.165, 1.54) is 0 Å². The number of aromatic carboxylic acids is 1. The molecule has 0 saturated heterocycles. The van der Waals surface area contributed by atoms with E-state index in [0.717, 1.165) is 33.4 Å². The Morgan fingerprint density at radius 1 is 0.696 bits per heavy atom. The molecule has 0 aliphatic heterocycles. The second-order valence-corrected chi connectivity index (χ2v) is 5.77. The summed E-state index contributed by atoms with van der Waals surface area (Å²) < 4.78 is 0. The number of carboxylic acids is 1. The lowest BCUT2D eigenvalue weighted by atomic mass is 9.91. The largest absolute Gasteiger partial charge is 0.478 e. The average Bonchev–Trinajstić information content (AvgIpc) is 2.55. The van der Waals surface area contributed by atoms with Crippen molar-refractivity contribution in [2.75, 3.05) is 0 Å². The van der Waals surface area contributed by atoms with Gasteiger partial charge < -0.3 is 5.11 Å². The van der Waals surface area contributed by atoms with Crippen LogP contribution in [0.4, 0.5) is 0 Å². The highest BCUT2D eigenvalue weighted by atomic mass is 16.4. The minimum atomic E-state index is -0.906. The average molecular weight is 302 g/mol. The van der Waals surface area contributed by atoms with E-state index in [1.54, 1.807) is 0 Å². The van der Waals surface area contributed by atoms with Gasteiger partial charge in [0.15, 0.2) is 0 Å². The molecule has 0 bridgehead atoms. The lowest BCUT2D eigenvalue weighted by molar-refractivity contribution is 0.0698. The molecule has 3 aromatic rings. The summed E-state index contributed by atoms with van der Waals surface area (Å²) in [7, 11) is 0. The zero-order valence-electron chi connectivity index (χ0n) is 13.2. The molecular formula is C21H18O2. The van der Waals surface area contributed by atoms with Gasteiger partial charge in [-0.25, -0.2) is 4.79 Å². The fraction of sp³-hybridized carbons (Fsp3) is 0.0952. The molecule has 0 radical (unpaired) electrons. The van der Waals surface area contributed by atoms with Crippen LogP contribution in [0.2, 0.25) is 0 Å². The Hall–Kier alpha value is -2.87. The zero-order valence-corrected chi connectivity index (χ0v) is 13.2. The molecule has 0 spiro atoms. The Labute approximate surface area is 136 Å². The number of benzene rings is 3. The first-order chi connectivity index (χ1) is 11.1. The summed E-state index contributed by atoms with van der Waals surface area (Å²) in [6, 6.07) is 21.5. The standard InChI is InChI=1S/C21H18O2/c1-14-6-10-16(11-7-14)18-4-3-5-19(20(18)21(22)23)17-12-8-15(2)9-13-17/h3-13H,1-2H3,(H,22,23). The van der Waals surface area contributed by atoms with Crippen LogP contribution >= 0.6 is 0 Å². The van der Waals surface area contributed by atoms with Gasteiger partial charge in [0.1, 0.15) is 0 Å². The molecule has 0 aromatic heterocycles. The van der Waals surface area contributed by atoms with Gasteiger partial charge in [-0.3, -0.25) is 0 Å². The number of aryl methyl sites for hydroxylation is 2. The molecule has 2 heteroatoms. The molecule has 3 aromatic carbocycles. The Kier molecular flexibility index (Phi) is 3.98. The molecule has 114 valence electrons. The van der Waals surface area contributed by atoms with E-state index in [2.05, 4.69) is 0 Å². The first-order valence-corrected chi connectivity index (χ1v) is 7.56. The van der Waals surface area contributed by atoms with Crippen molar-refractivity contribution in [1.82, 2.24) is 0 Å². The van der Waals surface area contributed by atoms with E-state index in [-0.39, 0.29) is 0 Å². The van der Waals surface area contributed by atoms with Gasteiger partial charge in [-0.05, 0) is 36.1 Å². The van der Waals surface area contributed by atoms with Crippen molar-refractivity contribution in [2.24, 2.45) is 0 Å². The van der Waals surface area contributed by atoms with E-state index >= 15 is 0 Å². The van der Waals surface area contributed by atoms with Crippen LogP contribution in [0.1, 0.15) is 21.5 Å². The normalized spacial score (nSPS) is 10.5. The highest BCUT2D eigenvalue weighted by Gasteiger charge is 2.17. The predicted octanol–water partition coefficient (Wildman–Crippen LogP) is 5.34. The van der Waals surface area contributed by atoms with Crippen LogP contribution in [-0.2, 0) is 0 Å². The van der Waals surface area contributed by atoms with Crippen molar-refractivity contribution < 1.29 is 9.90 Å². The van der Waals surface area contributed by atoms with Crippen LogP contribution in [0.5, 0.6) is 0 Å². The van der Waals surface area contributed by atoms with Crippen molar-refractivity contribution >= 4 is 5.97 Å². The van der Waals surface area contributed by atoms with Gasteiger partial charge in [-0.1, -0.05) is 77.9 Å². The summed E-state index contributed by atoms with van der Waals surface area (Å²) >= 11 is 0. The molecule has 23 heavy (non-hydrogen) atoms. The quantitative estimate of drug-likeness (QED) is 0.709. The van der Waals surface area contributed by atoms with E-state index < -0.39 is 5.97 Å². The number of rotatable bonds is 3. The SMILES string of the molecule is Cc1ccc(-c2cccc(-c3ccc(C)cc3)c2C(=O)O)cc1. The summed E-state index contributed by atoms with van der Waals surface area (Å²) in [6.45, 7) is 4.04. The molecule has 0 atom stereocenters. The molecule has 0 aliphatic rings. The summed E-state index contributed by atoms with van der Waals surface area (Å²) in [6.07, 6.45) is 0. The Morgan fingerprint density at radius 3 is 1.43 bits per heavy atom. The maximum Gasteiger partial charge on any atom is 0.336 e. The number of carbonyl (C=O) groups is 1. The monoisotopic (exact) mass is 302 g/mol. The van der Waals surface area contributed by atoms with E-state index in [1.807, 2.05) is 80.6 Å². The van der Waals surface area contributed by atoms with E-state index in [0.29, 0.717) is 5.56 Å². The summed E-state index contributed by atoms with van der Waals surface area (Å²) in [4.78, 5) is 11.9. The van der Waals surface area contributed by atoms with Crippen LogP contribution in [-0.4, -0.2) is 11.1 Å². The van der Waals surface area contributed by atoms with Gasteiger partial charge in [0.25, 0.3) is 0 Å². The number of hydrogen-bond donors (Lipinski definition) is 1. The van der Waals surface area contributed by atoms with Crippen LogP contribution in [0.3, 0.4) is 0 Å². The minimum Gasteiger partial charge on any atom is -0.478 e. The molecule has 0 fully saturated rings. The van der Waals surface area contributed by atoms with Crippen LogP contribution in [0, 0.1) is 13.8 Å². The summed E-state index contributed by atoms with van der Waals surface area (Å²) in [5.41, 5.74) is 5.98. The zero-order chi connectivity index (χ0) is 16.4. The molecule has 0 amide bonds. The molecule has 0 saturated carbocycles. The number of hydrogen-bond acceptors (Lipinski definition) is 1. The maximum atomic E-state index is 11.9. The first kappa shape index (κ1) is 15.0. The lowest BCUT2D eigenvalue weighted by Crippen LogP contribution is -2.03. The molecular weight excluding hydrogens is 284 g/mol. The second-order valence-electron chi connectivity index (χ2n) is 5.77. The molecule has 0 unspecified atom stereocenters. The van der Waals surface area contributed by atoms with Crippen LogP contribution < -0.4 is 0 Å². The van der Waals surface area contributed by atoms with Crippen molar-refractivity contribution in [2.45, 2.75) is 13.8 Å². The second kappa shape index (κ2) is 6.09. The van der Waals surface area contributed by atoms with E-state index in [4.69, 9.17) is 0 Å². The fourth-order valence-corrected chi connectivity index (χ4v) is 2.73. The first-order valence-electron chi connectivity index (χ1n) is 7.56. The molecule has 0 aliphatic carbocycles. The summed E-state index contributed by atoms with van der Waals surface area (Å²) in [5.74, 6) is -0.906. The lowest BCUT2D eigenvalue weighted by Gasteiger charge is -2.12. The highest BCUT2D eigenvalue weighted by Crippen LogP contribution is 2.32. The molecule has 2 nitrogen and oxygen atoms in total. The van der Waals surface area contributed by atoms with Crippen molar-refractivity contribution in [3.8, 4) is 22.3 Å². The van der Waals surface area contributed by atoms with Crippen molar-refractivity contribution in [3.05, 3.63) is 83.4 Å². The molecule has 3 rings (SSSR count). The van der Waals surface area contributed by atoms with Gasteiger partial charge in [0, 0.05) is 0 Å². The van der Waals surface area contributed by atoms with Gasteiger partial charge >= 0.3 is 5.97 Å². The summed E-state index contributed by atoms with van der Waals surface area (Å²) in [5, 5.41) is 9.78. The van der Waals surface area contributed by atoms with Gasteiger partial charge in [-0.15, -0.1) is 0 Å². The van der Waals surface area contributed by atoms with Gasteiger partial charge in [-0.2, -0.15) is 0 Å². The Morgan fingerprint density at radius 2 is 1.09 bits per heavy atom. The smallest absolute Gasteiger partial charge is 0.336 e. The number of carboxylic acid groups (broad SMARTS) is 1. The third-order valence-corrected chi connectivity index (χ3v) is 4.00. The Bertz CT molecular complexity index is 780. The highest BCUT2D eigenvalue weighted by molar-refractivity contribution is 6.03. The topological polar surface area (TPSA) is 37.3 Å². The van der Waals surface area contributed by atoms with Crippen molar-refractivity contribution in [3.63, 3.8) is 0 Å². The van der Waals surface area contributed by atoms with Crippen molar-refractivity contribution in [1.29, 1.82) is 0 Å².